The van der Waals surface area contributed by atoms with Gasteiger partial charge < -0.3 is 14.7 Å². The van der Waals surface area contributed by atoms with Gasteiger partial charge in [-0.1, -0.05) is 0 Å². The number of carboxylic acids is 1. The molecule has 0 aliphatic heterocycles. The van der Waals surface area contributed by atoms with E-state index in [1.54, 1.807) is 7.05 Å². The summed E-state index contributed by atoms with van der Waals surface area (Å²) in [6.45, 7) is 0.553. The number of carbonyl (C=O) groups excluding carboxylic acids is 1. The number of rotatable bonds is 8. The molecule has 1 N–H and O–H groups in total. The summed E-state index contributed by atoms with van der Waals surface area (Å²) in [5.74, 6) is -0.816. The summed E-state index contributed by atoms with van der Waals surface area (Å²) in [4.78, 5) is 23.4. The molecule has 1 aromatic carbocycles. The molecule has 0 aromatic heterocycles. The van der Waals surface area contributed by atoms with E-state index in [9.17, 15) is 14.0 Å². The minimum absolute atomic E-state index is 0.0612. The van der Waals surface area contributed by atoms with E-state index in [1.807, 2.05) is 0 Å². The summed E-state index contributed by atoms with van der Waals surface area (Å²) < 4.78 is 18.0. The molecule has 0 aliphatic carbocycles. The standard InChI is InChI=1S/C14H18FNO4/c1-16(9-8-14(18)19)13(17)3-2-10-20-12-6-4-11(15)5-7-12/h4-7H,2-3,8-10H2,1H3,(H,18,19). The van der Waals surface area contributed by atoms with Crippen molar-refractivity contribution in [2.45, 2.75) is 19.3 Å². The van der Waals surface area contributed by atoms with Crippen molar-refractivity contribution in [3.63, 3.8) is 0 Å². The van der Waals surface area contributed by atoms with Crippen LogP contribution in [0.2, 0.25) is 0 Å². The first-order chi connectivity index (χ1) is 9.49. The van der Waals surface area contributed by atoms with E-state index in [2.05, 4.69) is 0 Å². The minimum atomic E-state index is -0.927. The van der Waals surface area contributed by atoms with Crippen molar-refractivity contribution in [3.8, 4) is 5.75 Å². The summed E-state index contributed by atoms with van der Waals surface area (Å²) in [5, 5.41) is 8.52. The summed E-state index contributed by atoms with van der Waals surface area (Å²) in [5.41, 5.74) is 0. The third-order valence-electron chi connectivity index (χ3n) is 2.70. The van der Waals surface area contributed by atoms with Crippen LogP contribution in [0.15, 0.2) is 24.3 Å². The number of nitrogens with zero attached hydrogens (tertiary/aromatic N) is 1. The van der Waals surface area contributed by atoms with Crippen molar-refractivity contribution in [2.24, 2.45) is 0 Å². The average Bonchev–Trinajstić information content (AvgIpc) is 2.42. The summed E-state index contributed by atoms with van der Waals surface area (Å²) in [7, 11) is 1.58. The molecule has 20 heavy (non-hydrogen) atoms. The Balaban J connectivity index is 2.18. The number of aliphatic carboxylic acids is 1. The fourth-order valence-electron chi connectivity index (χ4n) is 1.52. The third kappa shape index (κ3) is 6.17. The van der Waals surface area contributed by atoms with E-state index < -0.39 is 5.97 Å². The molecule has 0 atom stereocenters. The molecule has 0 saturated heterocycles. The Morgan fingerprint density at radius 1 is 1.25 bits per heavy atom. The van der Waals surface area contributed by atoms with Crippen LogP contribution in [0.3, 0.4) is 0 Å². The van der Waals surface area contributed by atoms with Crippen molar-refractivity contribution in [1.29, 1.82) is 0 Å². The molecule has 0 radical (unpaired) electrons. The van der Waals surface area contributed by atoms with Gasteiger partial charge in [0, 0.05) is 20.0 Å². The van der Waals surface area contributed by atoms with Gasteiger partial charge in [0.2, 0.25) is 5.91 Å². The zero-order valence-corrected chi connectivity index (χ0v) is 11.3. The van der Waals surface area contributed by atoms with Gasteiger partial charge in [0.25, 0.3) is 0 Å². The SMILES string of the molecule is CN(CCC(=O)O)C(=O)CCCOc1ccc(F)cc1. The van der Waals surface area contributed by atoms with Gasteiger partial charge in [-0.2, -0.15) is 0 Å². The predicted molar refractivity (Wildman–Crippen MR) is 71.0 cm³/mol. The molecule has 0 bridgehead atoms. The molecule has 0 heterocycles. The molecule has 0 saturated carbocycles. The van der Waals surface area contributed by atoms with Crippen molar-refractivity contribution >= 4 is 11.9 Å². The fraction of sp³-hybridized carbons (Fsp3) is 0.429. The van der Waals surface area contributed by atoms with Crippen LogP contribution < -0.4 is 4.74 Å². The highest BCUT2D eigenvalue weighted by atomic mass is 19.1. The number of benzene rings is 1. The normalized spacial score (nSPS) is 10.1. The van der Waals surface area contributed by atoms with Crippen molar-refractivity contribution in [2.75, 3.05) is 20.2 Å². The number of amides is 1. The molecular formula is C14H18FNO4. The summed E-state index contributed by atoms with van der Waals surface area (Å²) in [6, 6.07) is 5.66. The molecule has 0 spiro atoms. The van der Waals surface area contributed by atoms with Gasteiger partial charge in [-0.3, -0.25) is 9.59 Å². The number of halogens is 1. The van der Waals surface area contributed by atoms with E-state index >= 15 is 0 Å². The van der Waals surface area contributed by atoms with Crippen molar-refractivity contribution in [3.05, 3.63) is 30.1 Å². The lowest BCUT2D eigenvalue weighted by Gasteiger charge is -2.15. The lowest BCUT2D eigenvalue weighted by molar-refractivity contribution is -0.138. The zero-order valence-electron chi connectivity index (χ0n) is 11.3. The van der Waals surface area contributed by atoms with Crippen LogP contribution in [0.5, 0.6) is 5.75 Å². The second kappa shape index (κ2) is 8.14. The average molecular weight is 283 g/mol. The van der Waals surface area contributed by atoms with Gasteiger partial charge in [0.1, 0.15) is 11.6 Å². The number of ether oxygens (including phenoxy) is 1. The van der Waals surface area contributed by atoms with Crippen LogP contribution in [0.1, 0.15) is 19.3 Å². The predicted octanol–water partition coefficient (Wildman–Crippen LogP) is 1.92. The first-order valence-corrected chi connectivity index (χ1v) is 6.33. The van der Waals surface area contributed by atoms with Crippen molar-refractivity contribution < 1.29 is 23.8 Å². The van der Waals surface area contributed by atoms with E-state index in [4.69, 9.17) is 9.84 Å². The second-order valence-corrected chi connectivity index (χ2v) is 4.36. The topological polar surface area (TPSA) is 66.8 Å². The van der Waals surface area contributed by atoms with Gasteiger partial charge in [0.15, 0.2) is 0 Å². The minimum Gasteiger partial charge on any atom is -0.494 e. The Morgan fingerprint density at radius 3 is 2.50 bits per heavy atom. The number of hydrogen-bond acceptors (Lipinski definition) is 3. The summed E-state index contributed by atoms with van der Waals surface area (Å²) >= 11 is 0. The fourth-order valence-corrected chi connectivity index (χ4v) is 1.52. The highest BCUT2D eigenvalue weighted by Gasteiger charge is 2.09. The van der Waals surface area contributed by atoms with Gasteiger partial charge >= 0.3 is 5.97 Å². The zero-order chi connectivity index (χ0) is 15.0. The van der Waals surface area contributed by atoms with Gasteiger partial charge in [-0.25, -0.2) is 4.39 Å². The molecule has 110 valence electrons. The van der Waals surface area contributed by atoms with Crippen LogP contribution >= 0.6 is 0 Å². The van der Waals surface area contributed by atoms with Crippen LogP contribution in [0.4, 0.5) is 4.39 Å². The lowest BCUT2D eigenvalue weighted by atomic mass is 10.2. The lowest BCUT2D eigenvalue weighted by Crippen LogP contribution is -2.29. The second-order valence-electron chi connectivity index (χ2n) is 4.36. The maximum atomic E-state index is 12.7. The Labute approximate surface area is 117 Å². The third-order valence-corrected chi connectivity index (χ3v) is 2.70. The van der Waals surface area contributed by atoms with Crippen molar-refractivity contribution in [1.82, 2.24) is 4.90 Å². The maximum absolute atomic E-state index is 12.7. The van der Waals surface area contributed by atoms with Gasteiger partial charge in [-0.05, 0) is 30.7 Å². The van der Waals surface area contributed by atoms with Crippen LogP contribution in [0, 0.1) is 5.82 Å². The molecule has 6 heteroatoms. The molecule has 1 amide bonds. The quantitative estimate of drug-likeness (QED) is 0.740. The molecule has 0 unspecified atom stereocenters. The molecule has 0 aliphatic rings. The molecule has 0 fully saturated rings. The monoisotopic (exact) mass is 283 g/mol. The van der Waals surface area contributed by atoms with E-state index in [0.29, 0.717) is 18.8 Å². The highest BCUT2D eigenvalue weighted by molar-refractivity contribution is 5.76. The van der Waals surface area contributed by atoms with Gasteiger partial charge in [-0.15, -0.1) is 0 Å². The Bertz CT molecular complexity index is 447. The van der Waals surface area contributed by atoms with Crippen LogP contribution in [-0.2, 0) is 9.59 Å². The first-order valence-electron chi connectivity index (χ1n) is 6.33. The van der Waals surface area contributed by atoms with Crippen LogP contribution in [0.25, 0.3) is 0 Å². The maximum Gasteiger partial charge on any atom is 0.305 e. The molecule has 5 nitrogen and oxygen atoms in total. The van der Waals surface area contributed by atoms with Crippen LogP contribution in [-0.4, -0.2) is 42.1 Å². The number of carboxylic acid groups (broad SMARTS) is 1. The van der Waals surface area contributed by atoms with E-state index in [0.717, 1.165) is 0 Å². The summed E-state index contributed by atoms with van der Waals surface area (Å²) in [6.07, 6.45) is 0.749. The Hall–Kier alpha value is -2.11. The van der Waals surface area contributed by atoms with E-state index in [1.165, 1.54) is 29.2 Å². The highest BCUT2D eigenvalue weighted by Crippen LogP contribution is 2.11. The van der Waals surface area contributed by atoms with E-state index in [-0.39, 0.29) is 31.1 Å². The van der Waals surface area contributed by atoms with Gasteiger partial charge in [0.05, 0.1) is 13.0 Å². The largest absolute Gasteiger partial charge is 0.494 e. The molecular weight excluding hydrogens is 265 g/mol. The number of carbonyl (C=O) groups is 2. The number of hydrogen-bond donors (Lipinski definition) is 1. The Morgan fingerprint density at radius 2 is 1.90 bits per heavy atom. The Kier molecular flexibility index (Phi) is 6.49. The molecule has 1 rings (SSSR count). The molecule has 1 aromatic rings. The smallest absolute Gasteiger partial charge is 0.305 e. The first kappa shape index (κ1) is 15.9.